The number of nitrogens with one attached hydrogen (secondary N) is 1. The lowest BCUT2D eigenvalue weighted by molar-refractivity contribution is -0.117. The van der Waals surface area contributed by atoms with Crippen molar-refractivity contribution < 1.29 is 14.7 Å². The maximum absolute atomic E-state index is 12.0. The fourth-order valence-electron chi connectivity index (χ4n) is 2.72. The molecule has 1 saturated heterocycles. The number of rotatable bonds is 5. The van der Waals surface area contributed by atoms with Crippen molar-refractivity contribution in [3.8, 4) is 0 Å². The molecule has 1 amide bonds. The predicted octanol–water partition coefficient (Wildman–Crippen LogP) is 2.39. The number of aromatic carboxylic acids is 1. The molecule has 5 nitrogen and oxygen atoms in total. The maximum atomic E-state index is 12.0. The van der Waals surface area contributed by atoms with E-state index in [0.29, 0.717) is 6.04 Å². The first-order valence-corrected chi connectivity index (χ1v) is 8.01. The number of carboxylic acid groups (broad SMARTS) is 1. The Morgan fingerprint density at radius 1 is 1.22 bits per heavy atom. The Balaban J connectivity index is 1.81. The highest BCUT2D eigenvalue weighted by molar-refractivity contribution is 5.92. The molecule has 1 aromatic rings. The zero-order valence-corrected chi connectivity index (χ0v) is 13.7. The zero-order chi connectivity index (χ0) is 16.8. The highest BCUT2D eigenvalue weighted by Crippen LogP contribution is 2.13. The van der Waals surface area contributed by atoms with Crippen LogP contribution in [-0.4, -0.2) is 47.1 Å². The fraction of sp³-hybridized carbons (Fsp3) is 0.444. The molecule has 1 aliphatic heterocycles. The van der Waals surface area contributed by atoms with Crippen LogP contribution in [0.1, 0.15) is 42.6 Å². The van der Waals surface area contributed by atoms with Crippen molar-refractivity contribution in [3.05, 3.63) is 41.5 Å². The quantitative estimate of drug-likeness (QED) is 0.818. The molecule has 1 aromatic carbocycles. The molecule has 0 aromatic heterocycles. The molecule has 0 bridgehead atoms. The molecule has 2 rings (SSSR count). The second-order valence-corrected chi connectivity index (χ2v) is 6.17. The summed E-state index contributed by atoms with van der Waals surface area (Å²) in [5.74, 6) is -1.05. The van der Waals surface area contributed by atoms with E-state index in [0.717, 1.165) is 31.5 Å². The molecule has 1 aliphatic rings. The average molecular weight is 316 g/mol. The molecule has 2 N–H and O–H groups in total. The first-order valence-electron chi connectivity index (χ1n) is 8.01. The van der Waals surface area contributed by atoms with E-state index in [1.165, 1.54) is 18.2 Å². The van der Waals surface area contributed by atoms with Gasteiger partial charge in [0.05, 0.1) is 5.56 Å². The summed E-state index contributed by atoms with van der Waals surface area (Å²) < 4.78 is 0. The average Bonchev–Trinajstić information content (AvgIpc) is 2.54. The van der Waals surface area contributed by atoms with Gasteiger partial charge in [-0.2, -0.15) is 0 Å². The van der Waals surface area contributed by atoms with Crippen molar-refractivity contribution in [1.29, 1.82) is 0 Å². The summed E-state index contributed by atoms with van der Waals surface area (Å²) in [6, 6.07) is 7.23. The van der Waals surface area contributed by atoms with Crippen molar-refractivity contribution in [1.82, 2.24) is 10.2 Å². The first-order chi connectivity index (χ1) is 11.0. The summed E-state index contributed by atoms with van der Waals surface area (Å²) in [5.41, 5.74) is 1.04. The van der Waals surface area contributed by atoms with E-state index in [1.807, 2.05) is 0 Å². The third-order valence-electron chi connectivity index (χ3n) is 4.19. The molecular formula is C18H24N2O3. The number of carbonyl (C=O) groups excluding carboxylic acids is 1. The van der Waals surface area contributed by atoms with Gasteiger partial charge in [-0.3, -0.25) is 4.79 Å². The first kappa shape index (κ1) is 17.2. The molecule has 124 valence electrons. The van der Waals surface area contributed by atoms with Crippen molar-refractivity contribution in [2.24, 2.45) is 0 Å². The molecule has 23 heavy (non-hydrogen) atoms. The molecule has 0 unspecified atom stereocenters. The molecule has 5 heteroatoms. The van der Waals surface area contributed by atoms with E-state index < -0.39 is 5.97 Å². The molecule has 0 atom stereocenters. The Morgan fingerprint density at radius 2 is 1.83 bits per heavy atom. The van der Waals surface area contributed by atoms with Crippen LogP contribution < -0.4 is 5.32 Å². The van der Waals surface area contributed by atoms with Gasteiger partial charge in [-0.05, 0) is 50.5 Å². The van der Waals surface area contributed by atoms with Crippen LogP contribution in [0.3, 0.4) is 0 Å². The Bertz CT molecular complexity index is 570. The summed E-state index contributed by atoms with van der Waals surface area (Å²) in [7, 11) is 0. The van der Waals surface area contributed by atoms with Crippen LogP contribution in [0.25, 0.3) is 6.08 Å². The lowest BCUT2D eigenvalue weighted by Crippen LogP contribution is -2.46. The summed E-state index contributed by atoms with van der Waals surface area (Å²) >= 11 is 0. The highest BCUT2D eigenvalue weighted by Gasteiger charge is 2.21. The third-order valence-corrected chi connectivity index (χ3v) is 4.19. The van der Waals surface area contributed by atoms with Crippen LogP contribution in [-0.2, 0) is 4.79 Å². The number of nitrogens with zero attached hydrogens (tertiary/aromatic N) is 1. The topological polar surface area (TPSA) is 69.6 Å². The number of carboxylic acids is 1. The number of piperidine rings is 1. The lowest BCUT2D eigenvalue weighted by Gasteiger charge is -2.34. The molecule has 1 heterocycles. The highest BCUT2D eigenvalue weighted by atomic mass is 16.4. The van der Waals surface area contributed by atoms with Gasteiger partial charge in [0.25, 0.3) is 0 Å². The van der Waals surface area contributed by atoms with Crippen LogP contribution in [0.4, 0.5) is 0 Å². The van der Waals surface area contributed by atoms with E-state index >= 15 is 0 Å². The van der Waals surface area contributed by atoms with Gasteiger partial charge in [0, 0.05) is 31.2 Å². The van der Waals surface area contributed by atoms with Gasteiger partial charge in [-0.15, -0.1) is 0 Å². The van der Waals surface area contributed by atoms with Crippen LogP contribution in [0.5, 0.6) is 0 Å². The molecule has 0 radical (unpaired) electrons. The van der Waals surface area contributed by atoms with Gasteiger partial charge in [0.2, 0.25) is 5.91 Å². The van der Waals surface area contributed by atoms with Crippen LogP contribution in [0, 0.1) is 0 Å². The molecule has 0 saturated carbocycles. The van der Waals surface area contributed by atoms with Crippen molar-refractivity contribution >= 4 is 18.0 Å². The number of hydrogen-bond acceptors (Lipinski definition) is 3. The van der Waals surface area contributed by atoms with Gasteiger partial charge in [0.15, 0.2) is 0 Å². The summed E-state index contributed by atoms with van der Waals surface area (Å²) in [6.45, 7) is 6.42. The second kappa shape index (κ2) is 7.92. The van der Waals surface area contributed by atoms with Crippen molar-refractivity contribution in [2.45, 2.75) is 38.8 Å². The zero-order valence-electron chi connectivity index (χ0n) is 13.7. The Labute approximate surface area is 137 Å². The number of hydrogen-bond donors (Lipinski definition) is 2. The van der Waals surface area contributed by atoms with Gasteiger partial charge in [-0.25, -0.2) is 4.79 Å². The normalized spacial score (nSPS) is 16.8. The Kier molecular flexibility index (Phi) is 5.93. The van der Waals surface area contributed by atoms with Crippen molar-refractivity contribution in [2.75, 3.05) is 13.1 Å². The van der Waals surface area contributed by atoms with Crippen LogP contribution in [0.15, 0.2) is 30.3 Å². The molecule has 0 aliphatic carbocycles. The predicted molar refractivity (Wildman–Crippen MR) is 90.3 cm³/mol. The summed E-state index contributed by atoms with van der Waals surface area (Å²) in [6.07, 6.45) is 5.16. The van der Waals surface area contributed by atoms with E-state index in [1.54, 1.807) is 18.2 Å². The number of benzene rings is 1. The molecule has 0 spiro atoms. The monoisotopic (exact) mass is 316 g/mol. The van der Waals surface area contributed by atoms with Gasteiger partial charge in [-0.1, -0.05) is 12.1 Å². The van der Waals surface area contributed by atoms with Crippen molar-refractivity contribution in [3.63, 3.8) is 0 Å². The Morgan fingerprint density at radius 3 is 2.35 bits per heavy atom. The number of amides is 1. The van der Waals surface area contributed by atoms with Gasteiger partial charge >= 0.3 is 5.97 Å². The van der Waals surface area contributed by atoms with E-state index in [4.69, 9.17) is 5.11 Å². The fourth-order valence-corrected chi connectivity index (χ4v) is 2.72. The van der Waals surface area contributed by atoms with E-state index in [2.05, 4.69) is 24.1 Å². The van der Waals surface area contributed by atoms with E-state index in [9.17, 15) is 9.59 Å². The van der Waals surface area contributed by atoms with E-state index in [-0.39, 0.29) is 17.5 Å². The smallest absolute Gasteiger partial charge is 0.335 e. The largest absolute Gasteiger partial charge is 0.478 e. The molecular weight excluding hydrogens is 292 g/mol. The summed E-state index contributed by atoms with van der Waals surface area (Å²) in [5, 5.41) is 11.9. The minimum absolute atomic E-state index is 0.102. The van der Waals surface area contributed by atoms with Crippen LogP contribution >= 0.6 is 0 Å². The lowest BCUT2D eigenvalue weighted by atomic mass is 10.0. The van der Waals surface area contributed by atoms with Gasteiger partial charge in [0.1, 0.15) is 0 Å². The standard InChI is InChI=1S/C18H24N2O3/c1-13(2)20-11-9-16(10-12-20)19-17(21)8-5-14-3-6-15(7-4-14)18(22)23/h3-8,13,16H,9-12H2,1-2H3,(H,19,21)(H,22,23)/b8-5+. The summed E-state index contributed by atoms with van der Waals surface area (Å²) in [4.78, 5) is 25.2. The Hall–Kier alpha value is -2.14. The van der Waals surface area contributed by atoms with Crippen LogP contribution in [0.2, 0.25) is 0 Å². The number of likely N-dealkylation sites (tertiary alicyclic amines) is 1. The minimum atomic E-state index is -0.953. The SMILES string of the molecule is CC(C)N1CCC(NC(=O)/C=C/c2ccc(C(=O)O)cc2)CC1. The maximum Gasteiger partial charge on any atom is 0.335 e. The second-order valence-electron chi connectivity index (χ2n) is 6.17. The van der Waals surface area contributed by atoms with Gasteiger partial charge < -0.3 is 15.3 Å². The number of carbonyl (C=O) groups is 2. The minimum Gasteiger partial charge on any atom is -0.478 e. The third kappa shape index (κ3) is 5.21. The molecule has 1 fully saturated rings.